The number of aryl methyl sites for hydroxylation is 1. The highest BCUT2D eigenvalue weighted by atomic mass is 19.1. The zero-order valence-electron chi connectivity index (χ0n) is 20.6. The fourth-order valence-electron chi connectivity index (χ4n) is 4.50. The molecule has 0 aliphatic heterocycles. The summed E-state index contributed by atoms with van der Waals surface area (Å²) in [6.07, 6.45) is 7.22. The Morgan fingerprint density at radius 1 is 1.03 bits per heavy atom. The lowest BCUT2D eigenvalue weighted by molar-refractivity contribution is 0.624. The molecule has 5 aromatic rings. The number of pyridine rings is 1. The van der Waals surface area contributed by atoms with Gasteiger partial charge >= 0.3 is 0 Å². The lowest BCUT2D eigenvalue weighted by atomic mass is 9.96. The molecule has 0 fully saturated rings. The van der Waals surface area contributed by atoms with E-state index in [1.165, 1.54) is 6.07 Å². The smallest absolute Gasteiger partial charge is 0.131 e. The van der Waals surface area contributed by atoms with Crippen molar-refractivity contribution in [2.75, 3.05) is 5.32 Å². The van der Waals surface area contributed by atoms with Crippen LogP contribution in [0.1, 0.15) is 30.7 Å². The highest BCUT2D eigenvalue weighted by molar-refractivity contribution is 5.96. The summed E-state index contributed by atoms with van der Waals surface area (Å²) >= 11 is 0. The number of hydrogen-bond donors (Lipinski definition) is 3. The summed E-state index contributed by atoms with van der Waals surface area (Å²) in [6.45, 7) is 10.0. The minimum atomic E-state index is -0.273. The van der Waals surface area contributed by atoms with Crippen molar-refractivity contribution in [3.05, 3.63) is 108 Å². The first-order chi connectivity index (χ1) is 17.4. The van der Waals surface area contributed by atoms with Crippen LogP contribution in [0.15, 0.2) is 85.7 Å². The highest BCUT2D eigenvalue weighted by Crippen LogP contribution is 2.35. The maximum atomic E-state index is 14.7. The van der Waals surface area contributed by atoms with Gasteiger partial charge < -0.3 is 10.3 Å². The first-order valence-electron chi connectivity index (χ1n) is 11.9. The second kappa shape index (κ2) is 9.66. The van der Waals surface area contributed by atoms with E-state index in [-0.39, 0.29) is 5.82 Å². The van der Waals surface area contributed by atoms with E-state index in [0.717, 1.165) is 55.9 Å². The minimum Gasteiger partial charge on any atom is -0.382 e. The molecular formula is C30H28FN5. The number of allylic oxidation sites excluding steroid dienone is 2. The van der Waals surface area contributed by atoms with Gasteiger partial charge in [-0.05, 0) is 62.2 Å². The zero-order valence-corrected chi connectivity index (χ0v) is 20.6. The van der Waals surface area contributed by atoms with Crippen molar-refractivity contribution >= 4 is 22.2 Å². The number of anilines is 1. The number of aromatic amines is 2. The second-order valence-electron chi connectivity index (χ2n) is 9.11. The molecule has 3 heterocycles. The lowest BCUT2D eigenvalue weighted by Gasteiger charge is -2.11. The average Bonchev–Trinajstić information content (AvgIpc) is 3.45. The second-order valence-corrected chi connectivity index (χ2v) is 9.11. The summed E-state index contributed by atoms with van der Waals surface area (Å²) in [6, 6.07) is 17.4. The first-order valence-corrected chi connectivity index (χ1v) is 11.9. The third-order valence-corrected chi connectivity index (χ3v) is 6.10. The molecule has 180 valence electrons. The lowest BCUT2D eigenvalue weighted by Crippen LogP contribution is -2.09. The maximum absolute atomic E-state index is 14.7. The maximum Gasteiger partial charge on any atom is 0.131 e. The third kappa shape index (κ3) is 4.45. The summed E-state index contributed by atoms with van der Waals surface area (Å²) in [5.74, 6) is -0.273. The minimum absolute atomic E-state index is 0.273. The van der Waals surface area contributed by atoms with Gasteiger partial charge in [-0.15, -0.1) is 0 Å². The van der Waals surface area contributed by atoms with Crippen molar-refractivity contribution in [1.82, 2.24) is 20.2 Å². The molecule has 5 rings (SSSR count). The van der Waals surface area contributed by atoms with E-state index in [0.29, 0.717) is 11.6 Å². The molecule has 3 aromatic heterocycles. The molecule has 0 spiro atoms. The van der Waals surface area contributed by atoms with E-state index in [2.05, 4.69) is 64.1 Å². The van der Waals surface area contributed by atoms with E-state index in [1.807, 2.05) is 43.6 Å². The van der Waals surface area contributed by atoms with Gasteiger partial charge in [0.1, 0.15) is 11.5 Å². The van der Waals surface area contributed by atoms with Crippen LogP contribution in [0.4, 0.5) is 10.1 Å². The Labute approximate surface area is 209 Å². The molecule has 2 aromatic carbocycles. The number of hydrogen-bond acceptors (Lipinski definition) is 3. The van der Waals surface area contributed by atoms with Crippen molar-refractivity contribution in [3.8, 4) is 22.5 Å². The van der Waals surface area contributed by atoms with Crippen molar-refractivity contribution in [2.24, 2.45) is 0 Å². The number of halogens is 1. The predicted octanol–water partition coefficient (Wildman–Crippen LogP) is 7.51. The van der Waals surface area contributed by atoms with Crippen LogP contribution in [0.25, 0.3) is 39.0 Å². The predicted molar refractivity (Wildman–Crippen MR) is 146 cm³/mol. The molecule has 6 heteroatoms. The van der Waals surface area contributed by atoms with Gasteiger partial charge in [0.05, 0.1) is 16.9 Å². The molecular weight excluding hydrogens is 449 g/mol. The van der Waals surface area contributed by atoms with E-state index in [4.69, 9.17) is 0 Å². The number of benzene rings is 2. The normalized spacial score (nSPS) is 11.9. The molecule has 0 radical (unpaired) electrons. The van der Waals surface area contributed by atoms with Gasteiger partial charge in [0, 0.05) is 46.2 Å². The van der Waals surface area contributed by atoms with E-state index in [9.17, 15) is 4.39 Å². The van der Waals surface area contributed by atoms with Gasteiger partial charge in [0.15, 0.2) is 0 Å². The summed E-state index contributed by atoms with van der Waals surface area (Å²) in [5, 5.41) is 12.1. The molecule has 0 saturated carbocycles. The fraction of sp³-hybridized carbons (Fsp3) is 0.133. The Balaban J connectivity index is 1.58. The van der Waals surface area contributed by atoms with Crippen molar-refractivity contribution < 1.29 is 4.39 Å². The van der Waals surface area contributed by atoms with Crippen LogP contribution >= 0.6 is 0 Å². The molecule has 0 aliphatic rings. The number of rotatable bonds is 7. The molecule has 0 unspecified atom stereocenters. The molecule has 0 aliphatic carbocycles. The molecule has 0 saturated heterocycles. The zero-order chi connectivity index (χ0) is 25.2. The van der Waals surface area contributed by atoms with Gasteiger partial charge in [-0.25, -0.2) is 4.39 Å². The molecule has 5 nitrogen and oxygen atoms in total. The van der Waals surface area contributed by atoms with Crippen LogP contribution in [-0.2, 0) is 0 Å². The van der Waals surface area contributed by atoms with E-state index < -0.39 is 0 Å². The largest absolute Gasteiger partial charge is 0.382 e. The van der Waals surface area contributed by atoms with Crippen LogP contribution in [0.5, 0.6) is 0 Å². The number of fused-ring (bicyclic) bond motifs is 1. The highest BCUT2D eigenvalue weighted by Gasteiger charge is 2.18. The Bertz CT molecular complexity index is 1590. The van der Waals surface area contributed by atoms with Crippen molar-refractivity contribution in [1.29, 1.82) is 0 Å². The third-order valence-electron chi connectivity index (χ3n) is 6.10. The Kier molecular flexibility index (Phi) is 6.25. The number of nitrogens with one attached hydrogen (secondary N) is 3. The monoisotopic (exact) mass is 477 g/mol. The van der Waals surface area contributed by atoms with Gasteiger partial charge in [-0.3, -0.25) is 10.1 Å². The number of aromatic nitrogens is 4. The van der Waals surface area contributed by atoms with E-state index >= 15 is 0 Å². The number of nitrogens with zero attached hydrogens (tertiary/aromatic N) is 2. The number of H-pyrrole nitrogens is 2. The van der Waals surface area contributed by atoms with Crippen LogP contribution in [0, 0.1) is 12.7 Å². The van der Waals surface area contributed by atoms with Crippen molar-refractivity contribution in [3.63, 3.8) is 0 Å². The molecule has 3 N–H and O–H groups in total. The Hall–Kier alpha value is -4.45. The molecule has 36 heavy (non-hydrogen) atoms. The molecule has 0 amide bonds. The summed E-state index contributed by atoms with van der Waals surface area (Å²) in [7, 11) is 0. The SMILES string of the molecule is C=C/C=C(/c1ccccc1F)c1cc(-c2n[nH]c3ccc(-c4cncc(NC(C)C)c4)cc23)[nH]c1C. The quantitative estimate of drug-likeness (QED) is 0.213. The van der Waals surface area contributed by atoms with Crippen LogP contribution in [0.2, 0.25) is 0 Å². The van der Waals surface area contributed by atoms with Crippen LogP contribution in [-0.4, -0.2) is 26.2 Å². The summed E-state index contributed by atoms with van der Waals surface area (Å²) in [4.78, 5) is 7.87. The standard InChI is InChI=1S/C30H28FN5/c1-5-8-23(24-9-6-7-10-27(24)31)25-15-29(34-19(25)4)30-26-14-20(11-12-28(26)35-36-30)21-13-22(17-32-16-21)33-18(2)3/h5-18,33-34H,1H2,2-4H3,(H,35,36)/b23-8-. The van der Waals surface area contributed by atoms with Gasteiger partial charge in [0.2, 0.25) is 0 Å². The van der Waals surface area contributed by atoms with Crippen LogP contribution < -0.4 is 5.32 Å². The van der Waals surface area contributed by atoms with Gasteiger partial charge in [-0.2, -0.15) is 5.10 Å². The summed E-state index contributed by atoms with van der Waals surface area (Å²) < 4.78 is 14.7. The summed E-state index contributed by atoms with van der Waals surface area (Å²) in [5.41, 5.74) is 8.76. The van der Waals surface area contributed by atoms with Gasteiger partial charge in [0.25, 0.3) is 0 Å². The van der Waals surface area contributed by atoms with Crippen LogP contribution in [0.3, 0.4) is 0 Å². The Morgan fingerprint density at radius 2 is 1.86 bits per heavy atom. The first kappa shape index (κ1) is 23.3. The molecule has 0 atom stereocenters. The molecule has 0 bridgehead atoms. The van der Waals surface area contributed by atoms with Gasteiger partial charge in [-0.1, -0.05) is 43.0 Å². The topological polar surface area (TPSA) is 69.4 Å². The van der Waals surface area contributed by atoms with Crippen molar-refractivity contribution in [2.45, 2.75) is 26.8 Å². The van der Waals surface area contributed by atoms with E-state index in [1.54, 1.807) is 18.2 Å². The Morgan fingerprint density at radius 3 is 2.64 bits per heavy atom. The average molecular weight is 478 g/mol. The fourth-order valence-corrected chi connectivity index (χ4v) is 4.50.